The average Bonchev–Trinajstić information content (AvgIpc) is 2.45. The molecule has 4 atom stereocenters. The Morgan fingerprint density at radius 3 is 2.44 bits per heavy atom. The third-order valence-electron chi connectivity index (χ3n) is 3.19. The summed E-state index contributed by atoms with van der Waals surface area (Å²) in [6, 6.07) is 0. The van der Waals surface area contributed by atoms with E-state index in [4.69, 9.17) is 0 Å². The van der Waals surface area contributed by atoms with E-state index in [0.29, 0.717) is 0 Å². The Morgan fingerprint density at radius 2 is 2.11 bits per heavy atom. The molecule has 0 nitrogen and oxygen atoms in total. The van der Waals surface area contributed by atoms with E-state index in [1.54, 1.807) is 25.7 Å². The van der Waals surface area contributed by atoms with Gasteiger partial charge in [-0.05, 0) is 43.2 Å². The zero-order chi connectivity index (χ0) is 6.27. The molecule has 2 aliphatic rings. The van der Waals surface area contributed by atoms with Gasteiger partial charge in [0.05, 0.1) is 0 Å². The molecule has 0 saturated heterocycles. The fourth-order valence-corrected chi connectivity index (χ4v) is 3.24. The van der Waals surface area contributed by atoms with Crippen LogP contribution in [-0.4, -0.2) is 6.16 Å². The second-order valence-corrected chi connectivity index (χ2v) is 4.14. The predicted octanol–water partition coefficient (Wildman–Crippen LogP) is 2.30. The monoisotopic (exact) mass is 142 g/mol. The summed E-state index contributed by atoms with van der Waals surface area (Å²) in [4.78, 5) is 0. The maximum Gasteiger partial charge on any atom is -0.0348 e. The van der Waals surface area contributed by atoms with E-state index in [1.807, 2.05) is 0 Å². The molecule has 0 radical (unpaired) electrons. The molecular weight excluding hydrogens is 127 g/mol. The first-order valence-corrected chi connectivity index (χ1v) is 4.92. The molecule has 0 amide bonds. The fourth-order valence-electron chi connectivity index (χ4n) is 2.67. The number of fused-ring (bicyclic) bond motifs is 2. The van der Waals surface area contributed by atoms with Crippen molar-refractivity contribution >= 4 is 9.24 Å². The van der Waals surface area contributed by atoms with Gasteiger partial charge in [0, 0.05) is 0 Å². The number of rotatable bonds is 1. The van der Waals surface area contributed by atoms with Gasteiger partial charge in [-0.2, -0.15) is 0 Å². The van der Waals surface area contributed by atoms with Crippen molar-refractivity contribution in [1.82, 2.24) is 0 Å². The summed E-state index contributed by atoms with van der Waals surface area (Å²) in [5.41, 5.74) is 0. The van der Waals surface area contributed by atoms with Gasteiger partial charge >= 0.3 is 0 Å². The van der Waals surface area contributed by atoms with Crippen molar-refractivity contribution in [3.05, 3.63) is 0 Å². The zero-order valence-electron chi connectivity index (χ0n) is 5.84. The Morgan fingerprint density at radius 1 is 1.22 bits per heavy atom. The van der Waals surface area contributed by atoms with Crippen LogP contribution in [-0.2, 0) is 0 Å². The van der Waals surface area contributed by atoms with E-state index in [-0.39, 0.29) is 0 Å². The van der Waals surface area contributed by atoms with Crippen LogP contribution in [0.1, 0.15) is 25.7 Å². The summed E-state index contributed by atoms with van der Waals surface area (Å²) in [7, 11) is 2.90. The average molecular weight is 142 g/mol. The molecular formula is C8H15P. The van der Waals surface area contributed by atoms with Gasteiger partial charge in [-0.1, -0.05) is 6.42 Å². The van der Waals surface area contributed by atoms with E-state index in [1.165, 1.54) is 6.16 Å². The molecule has 0 aromatic carbocycles. The first-order chi connectivity index (χ1) is 4.40. The summed E-state index contributed by atoms with van der Waals surface area (Å²) < 4.78 is 0. The molecule has 0 N–H and O–H groups in total. The van der Waals surface area contributed by atoms with E-state index in [2.05, 4.69) is 9.24 Å². The van der Waals surface area contributed by atoms with E-state index >= 15 is 0 Å². The molecule has 4 unspecified atom stereocenters. The Hall–Kier alpha value is 0.430. The van der Waals surface area contributed by atoms with Crippen LogP contribution in [0.4, 0.5) is 0 Å². The van der Waals surface area contributed by atoms with Gasteiger partial charge < -0.3 is 0 Å². The van der Waals surface area contributed by atoms with Crippen LogP contribution in [0, 0.1) is 17.8 Å². The van der Waals surface area contributed by atoms with Crippen molar-refractivity contribution in [2.45, 2.75) is 25.7 Å². The summed E-state index contributed by atoms with van der Waals surface area (Å²) in [6.45, 7) is 0. The first kappa shape index (κ1) is 6.16. The van der Waals surface area contributed by atoms with E-state index in [9.17, 15) is 0 Å². The highest BCUT2D eigenvalue weighted by molar-refractivity contribution is 7.16. The molecule has 2 fully saturated rings. The van der Waals surface area contributed by atoms with Crippen LogP contribution in [0.15, 0.2) is 0 Å². The first-order valence-electron chi connectivity index (χ1n) is 4.10. The topological polar surface area (TPSA) is 0 Å². The molecule has 0 aromatic heterocycles. The highest BCUT2D eigenvalue weighted by Gasteiger charge is 2.38. The minimum atomic E-state index is 1.09. The van der Waals surface area contributed by atoms with Crippen LogP contribution < -0.4 is 0 Å². The second-order valence-electron chi connectivity index (χ2n) is 3.67. The Bertz CT molecular complexity index is 111. The second kappa shape index (κ2) is 2.23. The Balaban J connectivity index is 2.01. The van der Waals surface area contributed by atoms with Gasteiger partial charge in [-0.15, -0.1) is 9.24 Å². The molecule has 9 heavy (non-hydrogen) atoms. The molecule has 2 rings (SSSR count). The zero-order valence-corrected chi connectivity index (χ0v) is 7.00. The highest BCUT2D eigenvalue weighted by Crippen LogP contribution is 2.48. The standard InChI is InChI=1S/C8H15P/c9-5-8-4-6-1-2-7(8)3-6/h6-8H,1-5,9H2. The van der Waals surface area contributed by atoms with Gasteiger partial charge in [0.15, 0.2) is 0 Å². The number of hydrogen-bond acceptors (Lipinski definition) is 0. The fraction of sp³-hybridized carbons (Fsp3) is 1.00. The quantitative estimate of drug-likeness (QED) is 0.493. The maximum atomic E-state index is 2.90. The molecule has 52 valence electrons. The largest absolute Gasteiger partial charge is 0.137 e. The number of hydrogen-bond donors (Lipinski definition) is 0. The third kappa shape index (κ3) is 0.923. The SMILES string of the molecule is PCC1CC2CCC1C2. The summed E-state index contributed by atoms with van der Waals surface area (Å²) in [6.07, 6.45) is 7.57. The molecule has 0 aromatic rings. The lowest BCUT2D eigenvalue weighted by molar-refractivity contribution is 0.365. The van der Waals surface area contributed by atoms with Crippen molar-refractivity contribution in [3.63, 3.8) is 0 Å². The van der Waals surface area contributed by atoms with Gasteiger partial charge in [-0.3, -0.25) is 0 Å². The van der Waals surface area contributed by atoms with Crippen molar-refractivity contribution in [2.24, 2.45) is 17.8 Å². The molecule has 1 heteroatoms. The molecule has 0 heterocycles. The maximum absolute atomic E-state index is 2.90. The molecule has 0 aliphatic heterocycles. The van der Waals surface area contributed by atoms with Crippen LogP contribution in [0.25, 0.3) is 0 Å². The van der Waals surface area contributed by atoms with Crippen molar-refractivity contribution in [1.29, 1.82) is 0 Å². The lowest BCUT2D eigenvalue weighted by atomic mass is 9.90. The van der Waals surface area contributed by atoms with Gasteiger partial charge in [0.2, 0.25) is 0 Å². The smallest absolute Gasteiger partial charge is 0.0348 e. The normalized spacial score (nSPS) is 48.3. The summed E-state index contributed by atoms with van der Waals surface area (Å²) >= 11 is 0. The van der Waals surface area contributed by atoms with Crippen molar-refractivity contribution in [2.75, 3.05) is 6.16 Å². The van der Waals surface area contributed by atoms with Crippen molar-refractivity contribution < 1.29 is 0 Å². The molecule has 2 aliphatic carbocycles. The van der Waals surface area contributed by atoms with E-state index in [0.717, 1.165) is 17.8 Å². The molecule has 2 bridgehead atoms. The predicted molar refractivity (Wildman–Crippen MR) is 43.5 cm³/mol. The van der Waals surface area contributed by atoms with Crippen LogP contribution >= 0.6 is 9.24 Å². The van der Waals surface area contributed by atoms with Crippen LogP contribution in [0.2, 0.25) is 0 Å². The lowest BCUT2D eigenvalue weighted by Gasteiger charge is -2.18. The van der Waals surface area contributed by atoms with Gasteiger partial charge in [0.1, 0.15) is 0 Å². The Kier molecular flexibility index (Phi) is 1.53. The minimum Gasteiger partial charge on any atom is -0.137 e. The van der Waals surface area contributed by atoms with Crippen molar-refractivity contribution in [3.8, 4) is 0 Å². The molecule has 0 spiro atoms. The van der Waals surface area contributed by atoms with Crippen LogP contribution in [0.5, 0.6) is 0 Å². The van der Waals surface area contributed by atoms with Crippen LogP contribution in [0.3, 0.4) is 0 Å². The van der Waals surface area contributed by atoms with Gasteiger partial charge in [-0.25, -0.2) is 0 Å². The lowest BCUT2D eigenvalue weighted by Crippen LogP contribution is -2.10. The highest BCUT2D eigenvalue weighted by atomic mass is 31.0. The van der Waals surface area contributed by atoms with E-state index < -0.39 is 0 Å². The van der Waals surface area contributed by atoms with Gasteiger partial charge in [0.25, 0.3) is 0 Å². The Labute approximate surface area is 59.6 Å². The minimum absolute atomic E-state index is 1.09. The molecule has 2 saturated carbocycles. The third-order valence-corrected chi connectivity index (χ3v) is 3.79. The summed E-state index contributed by atoms with van der Waals surface area (Å²) in [5, 5.41) is 0. The summed E-state index contributed by atoms with van der Waals surface area (Å²) in [5.74, 6) is 3.36.